The molecule has 0 radical (unpaired) electrons. The summed E-state index contributed by atoms with van der Waals surface area (Å²) in [6, 6.07) is 3.54. The number of rotatable bonds is 8. The maximum atomic E-state index is 13.0. The van der Waals surface area contributed by atoms with Crippen LogP contribution in [0, 0.1) is 0 Å². The van der Waals surface area contributed by atoms with Crippen molar-refractivity contribution in [2.45, 2.75) is 38.0 Å². The summed E-state index contributed by atoms with van der Waals surface area (Å²) in [5.74, 6) is 0.574. The van der Waals surface area contributed by atoms with Crippen LogP contribution in [0.25, 0.3) is 0 Å². The normalized spacial score (nSPS) is 15.0. The standard InChI is InChI=1S/C18H24ClNO5/c1-4-5-6-14(17(21)20-7-8-25-18(20)22)16-12(11-19)9-13(23-2)10-15(16)24-3/h9-10,14H,4-8,11H2,1-3H3. The molecule has 0 aliphatic carbocycles. The number of carbonyl (C=O) groups is 2. The van der Waals surface area contributed by atoms with Crippen molar-refractivity contribution >= 4 is 23.6 Å². The Labute approximate surface area is 153 Å². The van der Waals surface area contributed by atoms with E-state index >= 15 is 0 Å². The quantitative estimate of drug-likeness (QED) is 0.654. The lowest BCUT2D eigenvalue weighted by Gasteiger charge is -2.25. The third kappa shape index (κ3) is 4.18. The molecule has 1 unspecified atom stereocenters. The van der Waals surface area contributed by atoms with Gasteiger partial charge in [-0.2, -0.15) is 0 Å². The van der Waals surface area contributed by atoms with E-state index < -0.39 is 12.0 Å². The molecule has 1 aromatic rings. The van der Waals surface area contributed by atoms with Crippen molar-refractivity contribution in [3.05, 3.63) is 23.3 Å². The maximum Gasteiger partial charge on any atom is 0.416 e. The first kappa shape index (κ1) is 19.4. The average molecular weight is 370 g/mol. The highest BCUT2D eigenvalue weighted by Gasteiger charge is 2.36. The summed E-state index contributed by atoms with van der Waals surface area (Å²) in [6.07, 6.45) is 1.79. The summed E-state index contributed by atoms with van der Waals surface area (Å²) in [5.41, 5.74) is 1.48. The molecule has 1 heterocycles. The van der Waals surface area contributed by atoms with Gasteiger partial charge in [0.2, 0.25) is 5.91 Å². The maximum absolute atomic E-state index is 13.0. The second-order valence-corrected chi connectivity index (χ2v) is 6.10. The summed E-state index contributed by atoms with van der Waals surface area (Å²) in [4.78, 5) is 26.1. The molecule has 6 nitrogen and oxygen atoms in total. The number of methoxy groups -OCH3 is 2. The molecule has 1 aliphatic rings. The Balaban J connectivity index is 2.49. The van der Waals surface area contributed by atoms with Crippen LogP contribution in [0.2, 0.25) is 0 Å². The Morgan fingerprint density at radius 1 is 1.36 bits per heavy atom. The van der Waals surface area contributed by atoms with Crippen LogP contribution < -0.4 is 9.47 Å². The van der Waals surface area contributed by atoms with E-state index in [1.165, 1.54) is 4.90 Å². The van der Waals surface area contributed by atoms with Gasteiger partial charge in [0.1, 0.15) is 18.1 Å². The van der Waals surface area contributed by atoms with Crippen LogP contribution in [-0.2, 0) is 15.4 Å². The molecule has 0 spiro atoms. The molecule has 1 aliphatic heterocycles. The van der Waals surface area contributed by atoms with Crippen LogP contribution in [0.5, 0.6) is 11.5 Å². The summed E-state index contributed by atoms with van der Waals surface area (Å²) in [5, 5.41) is 0. The van der Waals surface area contributed by atoms with Crippen LogP contribution in [0.3, 0.4) is 0 Å². The fourth-order valence-corrected chi connectivity index (χ4v) is 3.25. The second kappa shape index (κ2) is 8.94. The molecule has 0 saturated carbocycles. The Kier molecular flexibility index (Phi) is 6.93. The fourth-order valence-electron chi connectivity index (χ4n) is 3.03. The molecule has 2 rings (SSSR count). The molecule has 0 N–H and O–H groups in total. The number of ether oxygens (including phenoxy) is 3. The van der Waals surface area contributed by atoms with E-state index in [1.807, 2.05) is 0 Å². The Bertz CT molecular complexity index is 609. The number of nitrogens with zero attached hydrogens (tertiary/aromatic N) is 1. The highest BCUT2D eigenvalue weighted by molar-refractivity contribution is 6.17. The van der Waals surface area contributed by atoms with Crippen molar-refractivity contribution in [1.29, 1.82) is 0 Å². The Morgan fingerprint density at radius 2 is 2.12 bits per heavy atom. The van der Waals surface area contributed by atoms with Gasteiger partial charge in [0.15, 0.2) is 0 Å². The van der Waals surface area contributed by atoms with Gasteiger partial charge >= 0.3 is 6.09 Å². The van der Waals surface area contributed by atoms with E-state index in [1.54, 1.807) is 26.4 Å². The van der Waals surface area contributed by atoms with Gasteiger partial charge in [0.05, 0.1) is 26.7 Å². The summed E-state index contributed by atoms with van der Waals surface area (Å²) in [7, 11) is 3.11. The zero-order valence-corrected chi connectivity index (χ0v) is 15.6. The number of halogens is 1. The van der Waals surface area contributed by atoms with Crippen molar-refractivity contribution in [1.82, 2.24) is 4.90 Å². The molecular weight excluding hydrogens is 346 g/mol. The molecule has 138 valence electrons. The predicted octanol–water partition coefficient (Wildman–Crippen LogP) is 3.70. The number of carbonyl (C=O) groups excluding carboxylic acids is 2. The van der Waals surface area contributed by atoms with E-state index in [0.29, 0.717) is 17.9 Å². The smallest absolute Gasteiger partial charge is 0.416 e. The van der Waals surface area contributed by atoms with Crippen LogP contribution in [-0.4, -0.2) is 44.3 Å². The number of unbranched alkanes of at least 4 members (excludes halogenated alkanes) is 1. The van der Waals surface area contributed by atoms with Gasteiger partial charge in [-0.1, -0.05) is 19.8 Å². The Hall–Kier alpha value is -1.95. The number of amides is 2. The number of imide groups is 1. The third-order valence-corrected chi connectivity index (χ3v) is 4.61. The molecule has 1 saturated heterocycles. The van der Waals surface area contributed by atoms with E-state index in [0.717, 1.165) is 24.0 Å². The first-order valence-electron chi connectivity index (χ1n) is 8.36. The van der Waals surface area contributed by atoms with Gasteiger partial charge in [-0.3, -0.25) is 4.79 Å². The van der Waals surface area contributed by atoms with Crippen molar-refractivity contribution < 1.29 is 23.8 Å². The van der Waals surface area contributed by atoms with Crippen molar-refractivity contribution in [3.63, 3.8) is 0 Å². The van der Waals surface area contributed by atoms with Gasteiger partial charge in [0, 0.05) is 17.5 Å². The van der Waals surface area contributed by atoms with Gasteiger partial charge in [-0.15, -0.1) is 11.6 Å². The molecular formula is C18H24ClNO5. The number of hydrogen-bond acceptors (Lipinski definition) is 5. The van der Waals surface area contributed by atoms with Crippen molar-refractivity contribution in [2.24, 2.45) is 0 Å². The largest absolute Gasteiger partial charge is 0.497 e. The number of hydrogen-bond donors (Lipinski definition) is 0. The molecule has 2 amide bonds. The number of cyclic esters (lactones) is 1. The summed E-state index contributed by atoms with van der Waals surface area (Å²) >= 11 is 6.13. The molecule has 1 atom stereocenters. The molecule has 25 heavy (non-hydrogen) atoms. The number of alkyl halides is 1. The van der Waals surface area contributed by atoms with E-state index in [9.17, 15) is 9.59 Å². The highest BCUT2D eigenvalue weighted by Crippen LogP contribution is 2.39. The van der Waals surface area contributed by atoms with Crippen LogP contribution in [0.4, 0.5) is 4.79 Å². The minimum Gasteiger partial charge on any atom is -0.497 e. The highest BCUT2D eigenvalue weighted by atomic mass is 35.5. The van der Waals surface area contributed by atoms with E-state index in [-0.39, 0.29) is 24.9 Å². The topological polar surface area (TPSA) is 65.1 Å². The first-order chi connectivity index (χ1) is 12.1. The molecule has 7 heteroatoms. The minimum atomic E-state index is -0.591. The number of benzene rings is 1. The zero-order chi connectivity index (χ0) is 18.4. The molecule has 1 aromatic carbocycles. The third-order valence-electron chi connectivity index (χ3n) is 4.32. The second-order valence-electron chi connectivity index (χ2n) is 5.84. The predicted molar refractivity (Wildman–Crippen MR) is 94.4 cm³/mol. The SMILES string of the molecule is CCCCC(C(=O)N1CCOC1=O)c1c(CCl)cc(OC)cc1OC. The van der Waals surface area contributed by atoms with Crippen LogP contribution in [0.15, 0.2) is 12.1 Å². The van der Waals surface area contributed by atoms with Crippen molar-refractivity contribution in [2.75, 3.05) is 27.4 Å². The van der Waals surface area contributed by atoms with Gasteiger partial charge in [0.25, 0.3) is 0 Å². The van der Waals surface area contributed by atoms with E-state index in [4.69, 9.17) is 25.8 Å². The minimum absolute atomic E-state index is 0.212. The van der Waals surface area contributed by atoms with Crippen LogP contribution in [0.1, 0.15) is 43.2 Å². The van der Waals surface area contributed by atoms with E-state index in [2.05, 4.69) is 6.92 Å². The zero-order valence-electron chi connectivity index (χ0n) is 14.8. The monoisotopic (exact) mass is 369 g/mol. The molecule has 1 fully saturated rings. The average Bonchev–Trinajstić information content (AvgIpc) is 3.07. The van der Waals surface area contributed by atoms with Gasteiger partial charge in [-0.05, 0) is 18.1 Å². The molecule has 0 aromatic heterocycles. The fraction of sp³-hybridized carbons (Fsp3) is 0.556. The van der Waals surface area contributed by atoms with Crippen molar-refractivity contribution in [3.8, 4) is 11.5 Å². The lowest BCUT2D eigenvalue weighted by atomic mass is 9.88. The lowest BCUT2D eigenvalue weighted by molar-refractivity contribution is -0.129. The van der Waals surface area contributed by atoms with Gasteiger partial charge < -0.3 is 14.2 Å². The summed E-state index contributed by atoms with van der Waals surface area (Å²) < 4.78 is 15.7. The Morgan fingerprint density at radius 3 is 2.64 bits per heavy atom. The lowest BCUT2D eigenvalue weighted by Crippen LogP contribution is -2.36. The van der Waals surface area contributed by atoms with Gasteiger partial charge in [-0.25, -0.2) is 9.69 Å². The first-order valence-corrected chi connectivity index (χ1v) is 8.89. The molecule has 0 bridgehead atoms. The van der Waals surface area contributed by atoms with Crippen LogP contribution >= 0.6 is 11.6 Å². The summed E-state index contributed by atoms with van der Waals surface area (Å²) in [6.45, 7) is 2.56.